The van der Waals surface area contributed by atoms with Gasteiger partial charge in [0.25, 0.3) is 0 Å². The quantitative estimate of drug-likeness (QED) is 0.737. The zero-order valence-corrected chi connectivity index (χ0v) is 9.16. The summed E-state index contributed by atoms with van der Waals surface area (Å²) in [5.41, 5.74) is 0. The van der Waals surface area contributed by atoms with E-state index in [-0.39, 0.29) is 6.10 Å². The van der Waals surface area contributed by atoms with E-state index in [4.69, 9.17) is 4.74 Å². The molecule has 1 atom stereocenters. The van der Waals surface area contributed by atoms with Crippen molar-refractivity contribution >= 4 is 0 Å². The first-order valence-electron chi connectivity index (χ1n) is 5.02. The fraction of sp³-hybridized carbons (Fsp3) is 0.700. The average molecular weight is 197 g/mol. The number of rotatable bonds is 6. The number of aryl methyl sites for hydroxylation is 1. The fourth-order valence-corrected chi connectivity index (χ4v) is 1.30. The molecule has 0 aliphatic carbocycles. The lowest BCUT2D eigenvalue weighted by atomic mass is 10.4. The lowest BCUT2D eigenvalue weighted by Gasteiger charge is -2.12. The summed E-state index contributed by atoms with van der Waals surface area (Å²) in [4.78, 5) is 4.22. The van der Waals surface area contributed by atoms with Crippen LogP contribution in [0.2, 0.25) is 0 Å². The lowest BCUT2D eigenvalue weighted by Crippen LogP contribution is -2.27. The molecule has 1 unspecified atom stereocenters. The number of aromatic nitrogens is 2. The van der Waals surface area contributed by atoms with Crippen LogP contribution in [-0.4, -0.2) is 28.8 Å². The normalized spacial score (nSPS) is 13.1. The smallest absolute Gasteiger partial charge is 0.122 e. The van der Waals surface area contributed by atoms with E-state index in [1.807, 2.05) is 30.9 Å². The number of hydrogen-bond donors (Lipinski definition) is 1. The maximum atomic E-state index is 5.40. The lowest BCUT2D eigenvalue weighted by molar-refractivity contribution is 0.0758. The van der Waals surface area contributed by atoms with Gasteiger partial charge in [0.15, 0.2) is 0 Å². The predicted octanol–water partition coefficient (Wildman–Crippen LogP) is 0.935. The Balaban J connectivity index is 2.19. The van der Waals surface area contributed by atoms with Crippen molar-refractivity contribution in [3.05, 3.63) is 18.2 Å². The van der Waals surface area contributed by atoms with Gasteiger partial charge in [-0.05, 0) is 13.8 Å². The van der Waals surface area contributed by atoms with E-state index in [1.54, 1.807) is 0 Å². The predicted molar refractivity (Wildman–Crippen MR) is 56.0 cm³/mol. The average Bonchev–Trinajstić information content (AvgIpc) is 2.52. The van der Waals surface area contributed by atoms with Crippen molar-refractivity contribution in [3.8, 4) is 0 Å². The van der Waals surface area contributed by atoms with Gasteiger partial charge < -0.3 is 14.6 Å². The SMILES string of the molecule is CCOC(C)CNCc1nccn1C. The topological polar surface area (TPSA) is 39.1 Å². The molecule has 0 aromatic carbocycles. The third-order valence-electron chi connectivity index (χ3n) is 2.09. The van der Waals surface area contributed by atoms with Crippen molar-refractivity contribution in [2.45, 2.75) is 26.5 Å². The van der Waals surface area contributed by atoms with Gasteiger partial charge in [0, 0.05) is 32.6 Å². The Morgan fingerprint density at radius 3 is 3.00 bits per heavy atom. The van der Waals surface area contributed by atoms with Crippen LogP contribution in [0.5, 0.6) is 0 Å². The maximum Gasteiger partial charge on any atom is 0.122 e. The van der Waals surface area contributed by atoms with Gasteiger partial charge in [-0.15, -0.1) is 0 Å². The summed E-state index contributed by atoms with van der Waals surface area (Å²) in [6.45, 7) is 6.50. The minimum absolute atomic E-state index is 0.264. The number of imidazole rings is 1. The van der Waals surface area contributed by atoms with Crippen molar-refractivity contribution in [3.63, 3.8) is 0 Å². The molecular formula is C10H19N3O. The molecule has 0 amide bonds. The molecule has 0 radical (unpaired) electrons. The molecular weight excluding hydrogens is 178 g/mol. The van der Waals surface area contributed by atoms with E-state index in [2.05, 4.69) is 17.2 Å². The summed E-state index contributed by atoms with van der Waals surface area (Å²) in [6, 6.07) is 0. The second-order valence-corrected chi connectivity index (χ2v) is 3.35. The number of hydrogen-bond acceptors (Lipinski definition) is 3. The molecule has 1 N–H and O–H groups in total. The molecule has 1 heterocycles. The number of nitrogens with one attached hydrogen (secondary N) is 1. The van der Waals surface area contributed by atoms with Crippen LogP contribution in [-0.2, 0) is 18.3 Å². The Morgan fingerprint density at radius 2 is 2.43 bits per heavy atom. The van der Waals surface area contributed by atoms with Crippen molar-refractivity contribution in [2.75, 3.05) is 13.2 Å². The van der Waals surface area contributed by atoms with E-state index in [9.17, 15) is 0 Å². The highest BCUT2D eigenvalue weighted by atomic mass is 16.5. The van der Waals surface area contributed by atoms with E-state index in [0.29, 0.717) is 0 Å². The summed E-state index contributed by atoms with van der Waals surface area (Å²) < 4.78 is 7.41. The highest BCUT2D eigenvalue weighted by molar-refractivity contribution is 4.90. The largest absolute Gasteiger partial charge is 0.377 e. The molecule has 0 spiro atoms. The van der Waals surface area contributed by atoms with Crippen LogP contribution in [0.1, 0.15) is 19.7 Å². The molecule has 4 heteroatoms. The minimum Gasteiger partial charge on any atom is -0.377 e. The first-order valence-corrected chi connectivity index (χ1v) is 5.02. The number of nitrogens with zero attached hydrogens (tertiary/aromatic N) is 2. The summed E-state index contributed by atoms with van der Waals surface area (Å²) in [6.07, 6.45) is 4.02. The van der Waals surface area contributed by atoms with Gasteiger partial charge in [-0.1, -0.05) is 0 Å². The van der Waals surface area contributed by atoms with Crippen LogP contribution in [0.15, 0.2) is 12.4 Å². The Bertz CT molecular complexity index is 260. The number of ether oxygens (including phenoxy) is 1. The molecule has 0 fully saturated rings. The van der Waals surface area contributed by atoms with Gasteiger partial charge in [-0.25, -0.2) is 4.98 Å². The van der Waals surface area contributed by atoms with Gasteiger partial charge in [0.05, 0.1) is 12.6 Å². The fourth-order valence-electron chi connectivity index (χ4n) is 1.30. The molecule has 1 aromatic heterocycles. The Labute approximate surface area is 85.3 Å². The third-order valence-corrected chi connectivity index (χ3v) is 2.09. The highest BCUT2D eigenvalue weighted by Crippen LogP contribution is 1.94. The van der Waals surface area contributed by atoms with Gasteiger partial charge >= 0.3 is 0 Å². The van der Waals surface area contributed by atoms with Gasteiger partial charge in [0.2, 0.25) is 0 Å². The first kappa shape index (κ1) is 11.2. The van der Waals surface area contributed by atoms with E-state index in [1.165, 1.54) is 0 Å². The maximum absolute atomic E-state index is 5.40. The highest BCUT2D eigenvalue weighted by Gasteiger charge is 2.01. The minimum atomic E-state index is 0.264. The van der Waals surface area contributed by atoms with Crippen LogP contribution < -0.4 is 5.32 Å². The van der Waals surface area contributed by atoms with Crippen LogP contribution in [0.25, 0.3) is 0 Å². The molecule has 14 heavy (non-hydrogen) atoms. The molecule has 1 aromatic rings. The second kappa shape index (κ2) is 5.78. The summed E-state index contributed by atoms with van der Waals surface area (Å²) in [5, 5.41) is 3.30. The van der Waals surface area contributed by atoms with Gasteiger partial charge in [-0.3, -0.25) is 0 Å². The van der Waals surface area contributed by atoms with Crippen molar-refractivity contribution in [1.82, 2.24) is 14.9 Å². The zero-order chi connectivity index (χ0) is 10.4. The first-order chi connectivity index (χ1) is 6.74. The molecule has 0 aliphatic rings. The molecule has 0 saturated carbocycles. The molecule has 0 aliphatic heterocycles. The zero-order valence-electron chi connectivity index (χ0n) is 9.16. The van der Waals surface area contributed by atoms with Crippen molar-refractivity contribution in [1.29, 1.82) is 0 Å². The third kappa shape index (κ3) is 3.47. The summed E-state index contributed by atoms with van der Waals surface area (Å²) >= 11 is 0. The molecule has 4 nitrogen and oxygen atoms in total. The van der Waals surface area contributed by atoms with E-state index >= 15 is 0 Å². The van der Waals surface area contributed by atoms with E-state index < -0.39 is 0 Å². The Hall–Kier alpha value is -0.870. The summed E-state index contributed by atoms with van der Waals surface area (Å²) in [7, 11) is 2.00. The molecule has 0 bridgehead atoms. The van der Waals surface area contributed by atoms with Gasteiger partial charge in [-0.2, -0.15) is 0 Å². The molecule has 80 valence electrons. The van der Waals surface area contributed by atoms with Crippen LogP contribution in [0, 0.1) is 0 Å². The monoisotopic (exact) mass is 197 g/mol. The van der Waals surface area contributed by atoms with Crippen LogP contribution in [0.3, 0.4) is 0 Å². The van der Waals surface area contributed by atoms with Crippen LogP contribution in [0.4, 0.5) is 0 Å². The van der Waals surface area contributed by atoms with E-state index in [0.717, 1.165) is 25.5 Å². The standard InChI is InChI=1S/C10H19N3O/c1-4-14-9(2)7-11-8-10-12-5-6-13(10)3/h5-6,9,11H,4,7-8H2,1-3H3. The Morgan fingerprint density at radius 1 is 1.64 bits per heavy atom. The Kier molecular flexibility index (Phi) is 4.62. The summed E-state index contributed by atoms with van der Waals surface area (Å²) in [5.74, 6) is 1.05. The second-order valence-electron chi connectivity index (χ2n) is 3.35. The van der Waals surface area contributed by atoms with Crippen molar-refractivity contribution in [2.24, 2.45) is 7.05 Å². The van der Waals surface area contributed by atoms with Crippen LogP contribution >= 0.6 is 0 Å². The molecule has 0 saturated heterocycles. The van der Waals surface area contributed by atoms with Crippen molar-refractivity contribution < 1.29 is 4.74 Å². The van der Waals surface area contributed by atoms with Gasteiger partial charge in [0.1, 0.15) is 5.82 Å². The molecule has 1 rings (SSSR count).